The summed E-state index contributed by atoms with van der Waals surface area (Å²) in [6.45, 7) is 4.13. The van der Waals surface area contributed by atoms with Crippen LogP contribution in [0.3, 0.4) is 0 Å². The van der Waals surface area contributed by atoms with Crippen molar-refractivity contribution in [3.63, 3.8) is 0 Å². The SMILES string of the molecule is CNC1C(=O)N(CC2CCSC2)CCCC1C. The van der Waals surface area contributed by atoms with Crippen molar-refractivity contribution in [1.82, 2.24) is 10.2 Å². The molecule has 1 N–H and O–H groups in total. The predicted molar refractivity (Wildman–Crippen MR) is 73.3 cm³/mol. The average molecular weight is 256 g/mol. The van der Waals surface area contributed by atoms with Gasteiger partial charge in [0.15, 0.2) is 0 Å². The lowest BCUT2D eigenvalue weighted by molar-refractivity contribution is -0.134. The molecule has 17 heavy (non-hydrogen) atoms. The lowest BCUT2D eigenvalue weighted by Gasteiger charge is -2.28. The van der Waals surface area contributed by atoms with Crippen molar-refractivity contribution in [1.29, 1.82) is 0 Å². The summed E-state index contributed by atoms with van der Waals surface area (Å²) in [5.41, 5.74) is 0. The minimum absolute atomic E-state index is 0.0338. The Hall–Kier alpha value is -0.220. The van der Waals surface area contributed by atoms with E-state index in [1.54, 1.807) is 0 Å². The monoisotopic (exact) mass is 256 g/mol. The van der Waals surface area contributed by atoms with Crippen LogP contribution in [0.2, 0.25) is 0 Å². The second-order valence-electron chi connectivity index (χ2n) is 5.40. The molecular weight excluding hydrogens is 232 g/mol. The third kappa shape index (κ3) is 3.16. The minimum Gasteiger partial charge on any atom is -0.341 e. The van der Waals surface area contributed by atoms with Gasteiger partial charge in [0, 0.05) is 13.1 Å². The van der Waals surface area contributed by atoms with Gasteiger partial charge in [0.05, 0.1) is 6.04 Å². The van der Waals surface area contributed by atoms with Gasteiger partial charge in [0.1, 0.15) is 0 Å². The molecule has 0 spiro atoms. The van der Waals surface area contributed by atoms with E-state index in [4.69, 9.17) is 0 Å². The molecular formula is C13H24N2OS. The number of hydrogen-bond acceptors (Lipinski definition) is 3. The van der Waals surface area contributed by atoms with Gasteiger partial charge in [-0.15, -0.1) is 0 Å². The largest absolute Gasteiger partial charge is 0.341 e. The Labute approximate surface area is 109 Å². The summed E-state index contributed by atoms with van der Waals surface area (Å²) < 4.78 is 0. The fourth-order valence-corrected chi connectivity index (χ4v) is 4.22. The Kier molecular flexibility index (Phi) is 4.74. The second-order valence-corrected chi connectivity index (χ2v) is 6.55. The maximum Gasteiger partial charge on any atom is 0.239 e. The molecule has 0 aromatic heterocycles. The zero-order chi connectivity index (χ0) is 12.3. The number of likely N-dealkylation sites (tertiary alicyclic amines) is 1. The highest BCUT2D eigenvalue weighted by Gasteiger charge is 2.32. The van der Waals surface area contributed by atoms with Crippen molar-refractivity contribution in [2.24, 2.45) is 11.8 Å². The first kappa shape index (κ1) is 13.2. The maximum atomic E-state index is 12.4. The molecule has 4 heteroatoms. The van der Waals surface area contributed by atoms with Crippen molar-refractivity contribution < 1.29 is 4.79 Å². The maximum absolute atomic E-state index is 12.4. The Morgan fingerprint density at radius 3 is 2.94 bits per heavy atom. The van der Waals surface area contributed by atoms with E-state index in [-0.39, 0.29) is 6.04 Å². The lowest BCUT2D eigenvalue weighted by Crippen LogP contribution is -2.48. The Bertz CT molecular complexity index is 266. The molecule has 1 amide bonds. The average Bonchev–Trinajstić information content (AvgIpc) is 2.76. The lowest BCUT2D eigenvalue weighted by atomic mass is 9.98. The summed E-state index contributed by atoms with van der Waals surface area (Å²) in [6.07, 6.45) is 3.60. The zero-order valence-corrected chi connectivity index (χ0v) is 11.8. The first-order valence-corrected chi connectivity index (χ1v) is 7.91. The van der Waals surface area contributed by atoms with Gasteiger partial charge in [-0.3, -0.25) is 4.79 Å². The van der Waals surface area contributed by atoms with Crippen LogP contribution in [0.4, 0.5) is 0 Å². The topological polar surface area (TPSA) is 32.3 Å². The van der Waals surface area contributed by atoms with E-state index in [1.807, 2.05) is 18.8 Å². The van der Waals surface area contributed by atoms with Gasteiger partial charge in [-0.05, 0) is 49.7 Å². The molecule has 2 rings (SSSR count). The van der Waals surface area contributed by atoms with Crippen LogP contribution >= 0.6 is 11.8 Å². The highest BCUT2D eigenvalue weighted by atomic mass is 32.2. The standard InChI is InChI=1S/C13H24N2OS/c1-10-4-3-6-15(13(16)12(10)14-2)8-11-5-7-17-9-11/h10-12,14H,3-9H2,1-2H3. The number of carbonyl (C=O) groups excluding carboxylic acids is 1. The molecule has 3 unspecified atom stereocenters. The van der Waals surface area contributed by atoms with Crippen LogP contribution in [0.1, 0.15) is 26.2 Å². The molecule has 0 aliphatic carbocycles. The number of nitrogens with zero attached hydrogens (tertiary/aromatic N) is 1. The van der Waals surface area contributed by atoms with E-state index in [1.165, 1.54) is 17.9 Å². The molecule has 3 atom stereocenters. The minimum atomic E-state index is 0.0338. The number of nitrogens with one attached hydrogen (secondary N) is 1. The van der Waals surface area contributed by atoms with E-state index in [2.05, 4.69) is 17.1 Å². The van der Waals surface area contributed by atoms with Crippen LogP contribution in [0.15, 0.2) is 0 Å². The smallest absolute Gasteiger partial charge is 0.239 e. The molecule has 2 aliphatic rings. The van der Waals surface area contributed by atoms with Gasteiger partial charge >= 0.3 is 0 Å². The molecule has 0 radical (unpaired) electrons. The van der Waals surface area contributed by atoms with Crippen LogP contribution < -0.4 is 5.32 Å². The van der Waals surface area contributed by atoms with Gasteiger partial charge in [-0.1, -0.05) is 6.92 Å². The van der Waals surface area contributed by atoms with Crippen LogP contribution in [-0.4, -0.2) is 48.5 Å². The molecule has 0 aromatic rings. The fourth-order valence-electron chi connectivity index (χ4n) is 2.95. The quantitative estimate of drug-likeness (QED) is 0.832. The van der Waals surface area contributed by atoms with Crippen molar-refractivity contribution in [2.75, 3.05) is 31.6 Å². The van der Waals surface area contributed by atoms with Crippen molar-refractivity contribution >= 4 is 17.7 Å². The summed E-state index contributed by atoms with van der Waals surface area (Å²) in [5, 5.41) is 3.20. The molecule has 3 nitrogen and oxygen atoms in total. The normalized spacial score (nSPS) is 35.1. The van der Waals surface area contributed by atoms with Crippen molar-refractivity contribution in [3.05, 3.63) is 0 Å². The highest BCUT2D eigenvalue weighted by molar-refractivity contribution is 7.99. The second kappa shape index (κ2) is 6.10. The summed E-state index contributed by atoms with van der Waals surface area (Å²) >= 11 is 2.03. The molecule has 2 aliphatic heterocycles. The Balaban J connectivity index is 1.97. The van der Waals surface area contributed by atoms with E-state index in [0.717, 1.165) is 31.8 Å². The van der Waals surface area contributed by atoms with Gasteiger partial charge in [0.25, 0.3) is 0 Å². The number of carbonyl (C=O) groups is 1. The molecule has 0 saturated carbocycles. The van der Waals surface area contributed by atoms with E-state index >= 15 is 0 Å². The highest BCUT2D eigenvalue weighted by Crippen LogP contribution is 2.26. The molecule has 2 heterocycles. The molecule has 0 bridgehead atoms. The number of amides is 1. The van der Waals surface area contributed by atoms with Crippen molar-refractivity contribution in [2.45, 2.75) is 32.2 Å². The van der Waals surface area contributed by atoms with Gasteiger partial charge in [-0.25, -0.2) is 0 Å². The first-order chi connectivity index (χ1) is 8.22. The summed E-state index contributed by atoms with van der Waals surface area (Å²) in [5.74, 6) is 4.04. The van der Waals surface area contributed by atoms with Crippen molar-refractivity contribution in [3.8, 4) is 0 Å². The molecule has 98 valence electrons. The molecule has 2 saturated heterocycles. The fraction of sp³-hybridized carbons (Fsp3) is 0.923. The van der Waals surface area contributed by atoms with Crippen LogP contribution in [0, 0.1) is 11.8 Å². The van der Waals surface area contributed by atoms with Gasteiger partial charge in [-0.2, -0.15) is 11.8 Å². The van der Waals surface area contributed by atoms with Crippen LogP contribution in [-0.2, 0) is 4.79 Å². The number of hydrogen-bond donors (Lipinski definition) is 1. The summed E-state index contributed by atoms with van der Waals surface area (Å²) in [7, 11) is 1.91. The molecule has 2 fully saturated rings. The van der Waals surface area contributed by atoms with Crippen LogP contribution in [0.25, 0.3) is 0 Å². The molecule has 0 aromatic carbocycles. The zero-order valence-electron chi connectivity index (χ0n) is 10.9. The third-order valence-electron chi connectivity index (χ3n) is 4.05. The van der Waals surface area contributed by atoms with Crippen LogP contribution in [0.5, 0.6) is 0 Å². The summed E-state index contributed by atoms with van der Waals surface area (Å²) in [6, 6.07) is 0.0338. The van der Waals surface area contributed by atoms with E-state index in [0.29, 0.717) is 11.8 Å². The van der Waals surface area contributed by atoms with E-state index in [9.17, 15) is 4.79 Å². The van der Waals surface area contributed by atoms with Gasteiger partial charge in [0.2, 0.25) is 5.91 Å². The Morgan fingerprint density at radius 1 is 1.47 bits per heavy atom. The number of likely N-dealkylation sites (N-methyl/N-ethyl adjacent to an activating group) is 1. The predicted octanol–water partition coefficient (Wildman–Crippen LogP) is 1.59. The van der Waals surface area contributed by atoms with Gasteiger partial charge < -0.3 is 10.2 Å². The third-order valence-corrected chi connectivity index (χ3v) is 5.28. The van der Waals surface area contributed by atoms with E-state index < -0.39 is 0 Å². The summed E-state index contributed by atoms with van der Waals surface area (Å²) in [4.78, 5) is 14.5. The number of rotatable bonds is 3. The Morgan fingerprint density at radius 2 is 2.29 bits per heavy atom. The number of thioether (sulfide) groups is 1. The first-order valence-electron chi connectivity index (χ1n) is 6.76.